The fraction of sp³-hybridized carbons (Fsp3) is 0.660. The fourth-order valence-corrected chi connectivity index (χ4v) is 7.97. The largest absolute Gasteiger partial charge is 0.481 e. The van der Waals surface area contributed by atoms with Crippen LogP contribution in [0.2, 0.25) is 0 Å². The number of hydrogen-bond donors (Lipinski definition) is 12. The number of esters is 1. The van der Waals surface area contributed by atoms with Crippen molar-refractivity contribution in [2.75, 3.05) is 0 Å². The van der Waals surface area contributed by atoms with Gasteiger partial charge in [0.05, 0.1) is 79.6 Å². The highest BCUT2D eigenvalue weighted by Gasteiger charge is 2.51. The number of nitrogens with two attached hydrogens (primary N) is 1. The summed E-state index contributed by atoms with van der Waals surface area (Å²) in [5, 5.41) is 118. The normalized spacial score (nSPS) is 43.5. The van der Waals surface area contributed by atoms with Gasteiger partial charge in [0.1, 0.15) is 18.1 Å². The van der Waals surface area contributed by atoms with Crippen molar-refractivity contribution >= 4 is 11.9 Å². The number of cyclic esters (lactones) is 1. The van der Waals surface area contributed by atoms with Gasteiger partial charge in [-0.3, -0.25) is 9.59 Å². The van der Waals surface area contributed by atoms with Crippen LogP contribution in [0.5, 0.6) is 0 Å². The van der Waals surface area contributed by atoms with E-state index in [0.29, 0.717) is 0 Å². The molecule has 0 aromatic rings. The van der Waals surface area contributed by atoms with Crippen molar-refractivity contribution in [3.05, 3.63) is 85.1 Å². The zero-order chi connectivity index (χ0) is 48.4. The minimum absolute atomic E-state index is 0.107. The Bertz CT molecular complexity index is 1670. The minimum Gasteiger partial charge on any atom is -0.481 e. The molecule has 3 aliphatic rings. The molecular formula is C47H73NO17. The summed E-state index contributed by atoms with van der Waals surface area (Å²) in [4.78, 5) is 25.1. The lowest BCUT2D eigenvalue weighted by Gasteiger charge is -2.45. The number of carbonyl (C=O) groups is 2. The molecule has 0 saturated carbocycles. The molecule has 0 aromatic heterocycles. The summed E-state index contributed by atoms with van der Waals surface area (Å²) in [5.41, 5.74) is 6.02. The summed E-state index contributed by atoms with van der Waals surface area (Å²) in [6, 6.07) is -1.15. The molecule has 13 N–H and O–H groups in total. The average molecular weight is 924 g/mol. The summed E-state index contributed by atoms with van der Waals surface area (Å²) in [6.45, 7) is 6.74. The van der Waals surface area contributed by atoms with E-state index in [0.717, 1.165) is 0 Å². The Hall–Kier alpha value is -3.44. The molecule has 2 bridgehead atoms. The number of allylic oxidation sites excluding steroid dienone is 12. The first kappa shape index (κ1) is 55.9. The number of aliphatic hydroxyl groups is 10. The van der Waals surface area contributed by atoms with Crippen molar-refractivity contribution in [1.29, 1.82) is 0 Å². The number of carbonyl (C=O) groups excluding carboxylic acids is 1. The third-order valence-corrected chi connectivity index (χ3v) is 12.0. The highest BCUT2D eigenvalue weighted by Crippen LogP contribution is 2.38. The first-order valence-corrected chi connectivity index (χ1v) is 22.3. The predicted molar refractivity (Wildman–Crippen MR) is 237 cm³/mol. The van der Waals surface area contributed by atoms with Gasteiger partial charge in [-0.2, -0.15) is 0 Å². The van der Waals surface area contributed by atoms with Crippen molar-refractivity contribution in [2.45, 2.75) is 177 Å². The van der Waals surface area contributed by atoms with Crippen molar-refractivity contribution in [2.24, 2.45) is 23.5 Å². The molecule has 18 heteroatoms. The van der Waals surface area contributed by atoms with E-state index in [4.69, 9.17) is 24.7 Å². The van der Waals surface area contributed by atoms with Gasteiger partial charge in [0, 0.05) is 37.5 Å². The van der Waals surface area contributed by atoms with E-state index >= 15 is 0 Å². The van der Waals surface area contributed by atoms with E-state index in [9.17, 15) is 65.8 Å². The number of carboxylic acid groups (broad SMARTS) is 1. The Morgan fingerprint density at radius 3 is 1.82 bits per heavy atom. The van der Waals surface area contributed by atoms with E-state index in [-0.39, 0.29) is 31.6 Å². The third-order valence-electron chi connectivity index (χ3n) is 12.0. The smallest absolute Gasteiger partial charge is 0.311 e. The van der Waals surface area contributed by atoms with Crippen LogP contribution in [0.15, 0.2) is 85.1 Å². The highest BCUT2D eigenvalue weighted by atomic mass is 16.7. The van der Waals surface area contributed by atoms with Crippen LogP contribution in [0, 0.1) is 17.8 Å². The number of aliphatic carboxylic acids is 1. The molecule has 2 saturated heterocycles. The van der Waals surface area contributed by atoms with Gasteiger partial charge in [0.25, 0.3) is 0 Å². The molecule has 18 nitrogen and oxygen atoms in total. The van der Waals surface area contributed by atoms with Crippen molar-refractivity contribution < 1.29 is 84.7 Å². The molecule has 0 radical (unpaired) electrons. The van der Waals surface area contributed by atoms with E-state index in [1.54, 1.807) is 80.7 Å². The molecule has 0 amide bonds. The lowest BCUT2D eigenvalue weighted by molar-refractivity contribution is -0.308. The average Bonchev–Trinajstić information content (AvgIpc) is 3.21. The molecule has 2 fully saturated rings. The molecule has 3 aliphatic heterocycles. The summed E-state index contributed by atoms with van der Waals surface area (Å²) in [6.07, 6.45) is 3.46. The highest BCUT2D eigenvalue weighted by molar-refractivity contribution is 5.71. The Balaban J connectivity index is 1.86. The number of ether oxygens (including phenoxy) is 4. The zero-order valence-electron chi connectivity index (χ0n) is 37.6. The predicted octanol–water partition coefficient (Wildman–Crippen LogP) is 0.712. The molecule has 19 atom stereocenters. The van der Waals surface area contributed by atoms with Gasteiger partial charge >= 0.3 is 11.9 Å². The third kappa shape index (κ3) is 18.6. The van der Waals surface area contributed by atoms with E-state index in [2.05, 4.69) is 0 Å². The molecule has 3 rings (SSSR count). The Kier molecular flexibility index (Phi) is 23.6. The van der Waals surface area contributed by atoms with Gasteiger partial charge in [-0.1, -0.05) is 98.9 Å². The van der Waals surface area contributed by atoms with E-state index in [1.807, 2.05) is 19.1 Å². The van der Waals surface area contributed by atoms with Crippen molar-refractivity contribution in [3.63, 3.8) is 0 Å². The topological polar surface area (TPSA) is 320 Å². The first-order valence-electron chi connectivity index (χ1n) is 22.3. The maximum absolute atomic E-state index is 12.6. The van der Waals surface area contributed by atoms with Crippen molar-refractivity contribution in [1.82, 2.24) is 0 Å². The van der Waals surface area contributed by atoms with Gasteiger partial charge in [-0.25, -0.2) is 0 Å². The summed E-state index contributed by atoms with van der Waals surface area (Å²) < 4.78 is 23.1. The van der Waals surface area contributed by atoms with Crippen LogP contribution in [-0.2, 0) is 28.5 Å². The minimum atomic E-state index is -2.33. The Labute approximate surface area is 381 Å². The number of rotatable bonds is 3. The van der Waals surface area contributed by atoms with Crippen LogP contribution in [-0.4, -0.2) is 166 Å². The molecule has 65 heavy (non-hydrogen) atoms. The standard InChI is InChI=1S/C47H73NO17/c1-27-17-15-13-11-9-7-5-6-8-10-12-14-16-18-34(64-46-44(58)41(48)43(57)30(4)63-46)24-38-40(45(59)60)37(54)26-47(61,65-38)25-33(51)22-36(53)35(52)20-19-31(49)21-32(50)23-39(55)62-29(3)28(2)42(27)56/h5-18,27-38,40-44,46,49-54,56-58,61H,19-26,48H2,1-4H3,(H,59,60)/b6-5?,9-7-,10-8?,13-11-,14-12?,17-15?,18-16+/t27-,28-,29?,30+,31+,32+,33-,34?,35+,36+,37-,38-,40+,41-,42+,43+,44-,46-,47+/m0/s1. The Morgan fingerprint density at radius 2 is 1.23 bits per heavy atom. The quantitative estimate of drug-likeness (QED) is 0.174. The van der Waals surface area contributed by atoms with Crippen LogP contribution in [0.3, 0.4) is 0 Å². The summed E-state index contributed by atoms with van der Waals surface area (Å²) >= 11 is 0. The molecule has 0 aliphatic carbocycles. The monoisotopic (exact) mass is 923 g/mol. The number of carboxylic acids is 1. The number of fused-ring (bicyclic) bond motifs is 2. The first-order chi connectivity index (χ1) is 30.6. The maximum atomic E-state index is 12.6. The second-order valence-corrected chi connectivity index (χ2v) is 17.6. The zero-order valence-corrected chi connectivity index (χ0v) is 37.6. The Morgan fingerprint density at radius 1 is 0.662 bits per heavy atom. The molecule has 3 heterocycles. The van der Waals surface area contributed by atoms with Crippen molar-refractivity contribution in [3.8, 4) is 0 Å². The second-order valence-electron chi connectivity index (χ2n) is 17.6. The van der Waals surface area contributed by atoms with Crippen LogP contribution >= 0.6 is 0 Å². The summed E-state index contributed by atoms with van der Waals surface area (Å²) in [7, 11) is 0. The number of aliphatic hydroxyl groups excluding tert-OH is 9. The molecule has 2 unspecified atom stereocenters. The maximum Gasteiger partial charge on any atom is 0.311 e. The molecule has 0 aromatic carbocycles. The molecular weight excluding hydrogens is 851 g/mol. The van der Waals surface area contributed by atoms with Crippen LogP contribution in [0.4, 0.5) is 0 Å². The van der Waals surface area contributed by atoms with E-state index in [1.165, 1.54) is 13.0 Å². The van der Waals surface area contributed by atoms with Gasteiger partial charge in [0.15, 0.2) is 12.1 Å². The lowest BCUT2D eigenvalue weighted by Crippen LogP contribution is -2.61. The van der Waals surface area contributed by atoms with Crippen LogP contribution < -0.4 is 5.73 Å². The number of hydrogen-bond acceptors (Lipinski definition) is 17. The van der Waals surface area contributed by atoms with Crippen LogP contribution in [0.1, 0.15) is 79.1 Å². The second kappa shape index (κ2) is 27.4. The van der Waals surface area contributed by atoms with Gasteiger partial charge in [-0.15, -0.1) is 0 Å². The SMILES string of the molecule is CC1OC(=O)C[C@H](O)C[C@H](O)CC[C@@H](O)[C@H](O)C[C@H](O)C[C@]2(O)C[C@H](O)[C@@H](C(=O)O)[C@H](CC(O[C@@H]3O[C@H](C)[C@@H](O)[C@H](N)[C@@H]3O)/C=C/C=CC=CC=C/C=C\C=C/C=C[C@H](C)[C@@H](O)[C@H]1C)O2. The summed E-state index contributed by atoms with van der Waals surface area (Å²) in [5.74, 6) is -6.83. The van der Waals surface area contributed by atoms with Gasteiger partial charge in [-0.05, 0) is 33.1 Å². The van der Waals surface area contributed by atoms with Crippen LogP contribution in [0.25, 0.3) is 0 Å². The van der Waals surface area contributed by atoms with Gasteiger partial charge in [0.2, 0.25) is 0 Å². The van der Waals surface area contributed by atoms with Gasteiger partial charge < -0.3 is 80.9 Å². The molecule has 368 valence electrons. The lowest BCUT2D eigenvalue weighted by atomic mass is 9.82. The van der Waals surface area contributed by atoms with E-state index < -0.39 is 147 Å². The fourth-order valence-electron chi connectivity index (χ4n) is 7.97. The molecule has 0 spiro atoms.